The summed E-state index contributed by atoms with van der Waals surface area (Å²) in [6.07, 6.45) is 1.91. The van der Waals surface area contributed by atoms with Gasteiger partial charge in [0.2, 0.25) is 0 Å². The van der Waals surface area contributed by atoms with Gasteiger partial charge in [0.25, 0.3) is 0 Å². The minimum Gasteiger partial charge on any atom is -0.493 e. The molecule has 0 N–H and O–H groups in total. The molecule has 0 fully saturated rings. The molecule has 1 unspecified atom stereocenters. The number of rotatable bonds is 4. The van der Waals surface area contributed by atoms with E-state index in [2.05, 4.69) is 6.07 Å². The molecule has 0 aliphatic heterocycles. The lowest BCUT2D eigenvalue weighted by Crippen LogP contribution is -1.94. The Kier molecular flexibility index (Phi) is 4.32. The molecule has 80 valence electrons. The van der Waals surface area contributed by atoms with Crippen LogP contribution in [-0.4, -0.2) is 20.5 Å². The smallest absolute Gasteiger partial charge is 0.161 e. The fourth-order valence-corrected chi connectivity index (χ4v) is 1.80. The molecule has 0 aliphatic rings. The first-order valence-corrected chi connectivity index (χ1v) is 5.70. The van der Waals surface area contributed by atoms with Gasteiger partial charge in [-0.2, -0.15) is 5.26 Å². The van der Waals surface area contributed by atoms with Crippen molar-refractivity contribution in [1.82, 2.24) is 0 Å². The number of nitrogens with zero attached hydrogens (tertiary/aromatic N) is 1. The monoisotopic (exact) mass is 223 g/mol. The maximum absolute atomic E-state index is 8.93. The van der Waals surface area contributed by atoms with Crippen molar-refractivity contribution in [3.8, 4) is 17.6 Å². The van der Waals surface area contributed by atoms with Crippen molar-refractivity contribution in [2.45, 2.75) is 5.25 Å². The number of methoxy groups -OCH3 is 2. The third kappa shape index (κ3) is 2.57. The molecule has 0 saturated carbocycles. The summed E-state index contributed by atoms with van der Waals surface area (Å²) in [5.41, 5.74) is 0.933. The van der Waals surface area contributed by atoms with Crippen molar-refractivity contribution in [2.75, 3.05) is 20.5 Å². The van der Waals surface area contributed by atoms with Crippen LogP contribution < -0.4 is 9.47 Å². The Labute approximate surface area is 94.0 Å². The first-order valence-electron chi connectivity index (χ1n) is 4.41. The fourth-order valence-electron chi connectivity index (χ4n) is 1.28. The second-order valence-corrected chi connectivity index (χ2v) is 3.80. The van der Waals surface area contributed by atoms with E-state index in [0.717, 1.165) is 5.56 Å². The highest BCUT2D eigenvalue weighted by atomic mass is 32.2. The Bertz CT molecular complexity index is 373. The Morgan fingerprint density at radius 2 is 1.93 bits per heavy atom. The first kappa shape index (κ1) is 11.7. The van der Waals surface area contributed by atoms with Gasteiger partial charge in [0.15, 0.2) is 11.5 Å². The summed E-state index contributed by atoms with van der Waals surface area (Å²) in [5, 5.41) is 8.76. The van der Waals surface area contributed by atoms with Crippen molar-refractivity contribution >= 4 is 11.8 Å². The predicted molar refractivity (Wildman–Crippen MR) is 61.4 cm³/mol. The topological polar surface area (TPSA) is 42.2 Å². The number of ether oxygens (including phenoxy) is 2. The van der Waals surface area contributed by atoms with Crippen LogP contribution in [0.2, 0.25) is 0 Å². The van der Waals surface area contributed by atoms with Crippen molar-refractivity contribution in [1.29, 1.82) is 5.26 Å². The minimum atomic E-state index is -0.162. The van der Waals surface area contributed by atoms with E-state index < -0.39 is 0 Å². The second-order valence-electron chi connectivity index (χ2n) is 2.86. The lowest BCUT2D eigenvalue weighted by Gasteiger charge is -2.11. The average molecular weight is 223 g/mol. The Balaban J connectivity index is 3.08. The summed E-state index contributed by atoms with van der Waals surface area (Å²) < 4.78 is 10.3. The van der Waals surface area contributed by atoms with Crippen LogP contribution in [0.5, 0.6) is 11.5 Å². The molecule has 0 heterocycles. The van der Waals surface area contributed by atoms with Crippen molar-refractivity contribution in [3.63, 3.8) is 0 Å². The Hall–Kier alpha value is -1.34. The molecular weight excluding hydrogens is 210 g/mol. The summed E-state index contributed by atoms with van der Waals surface area (Å²) in [5.74, 6) is 1.34. The summed E-state index contributed by atoms with van der Waals surface area (Å²) in [6.45, 7) is 0. The zero-order valence-corrected chi connectivity index (χ0v) is 9.80. The molecule has 3 nitrogen and oxygen atoms in total. The third-order valence-electron chi connectivity index (χ3n) is 2.06. The molecule has 0 radical (unpaired) electrons. The molecule has 0 spiro atoms. The standard InChI is InChI=1S/C11H13NO2S/c1-13-9-5-4-8(6-10(9)14-2)11(7-12)15-3/h4-6,11H,1-3H3. The SMILES string of the molecule is COc1ccc(C(C#N)SC)cc1OC. The summed E-state index contributed by atoms with van der Waals surface area (Å²) in [4.78, 5) is 0. The third-order valence-corrected chi connectivity index (χ3v) is 2.91. The zero-order valence-electron chi connectivity index (χ0n) is 8.98. The quantitative estimate of drug-likeness (QED) is 0.787. The van der Waals surface area contributed by atoms with Crippen LogP contribution in [0.25, 0.3) is 0 Å². The average Bonchev–Trinajstić information content (AvgIpc) is 2.30. The summed E-state index contributed by atoms with van der Waals surface area (Å²) in [6, 6.07) is 7.75. The van der Waals surface area contributed by atoms with E-state index in [1.165, 1.54) is 11.8 Å². The lowest BCUT2D eigenvalue weighted by molar-refractivity contribution is 0.354. The van der Waals surface area contributed by atoms with Gasteiger partial charge >= 0.3 is 0 Å². The van der Waals surface area contributed by atoms with E-state index >= 15 is 0 Å². The van der Waals surface area contributed by atoms with Crippen LogP contribution >= 0.6 is 11.8 Å². The summed E-state index contributed by atoms with van der Waals surface area (Å²) in [7, 11) is 3.18. The van der Waals surface area contributed by atoms with Gasteiger partial charge in [0, 0.05) is 0 Å². The predicted octanol–water partition coefficient (Wildman–Crippen LogP) is 2.63. The number of hydrogen-bond acceptors (Lipinski definition) is 4. The van der Waals surface area contributed by atoms with E-state index in [9.17, 15) is 0 Å². The molecule has 1 aromatic rings. The molecule has 0 amide bonds. The van der Waals surface area contributed by atoms with Gasteiger partial charge in [-0.15, -0.1) is 11.8 Å². The van der Waals surface area contributed by atoms with Crippen LogP contribution in [0, 0.1) is 11.3 Å². The number of benzene rings is 1. The van der Waals surface area contributed by atoms with Gasteiger partial charge in [0.05, 0.1) is 20.3 Å². The Morgan fingerprint density at radius 3 is 2.40 bits per heavy atom. The van der Waals surface area contributed by atoms with Crippen molar-refractivity contribution in [3.05, 3.63) is 23.8 Å². The molecule has 1 atom stereocenters. The fraction of sp³-hybridized carbons (Fsp3) is 0.364. The first-order chi connectivity index (χ1) is 7.26. The molecular formula is C11H13NO2S. The number of hydrogen-bond donors (Lipinski definition) is 0. The highest BCUT2D eigenvalue weighted by molar-refractivity contribution is 7.99. The minimum absolute atomic E-state index is 0.162. The van der Waals surface area contributed by atoms with Crippen LogP contribution in [0.4, 0.5) is 0 Å². The summed E-state index contributed by atoms with van der Waals surface area (Å²) >= 11 is 1.50. The van der Waals surface area contributed by atoms with E-state index in [0.29, 0.717) is 11.5 Å². The number of thioether (sulfide) groups is 1. The van der Waals surface area contributed by atoms with Crippen molar-refractivity contribution < 1.29 is 9.47 Å². The van der Waals surface area contributed by atoms with E-state index in [-0.39, 0.29) is 5.25 Å². The van der Waals surface area contributed by atoms with Gasteiger partial charge in [0.1, 0.15) is 5.25 Å². The van der Waals surface area contributed by atoms with Gasteiger partial charge in [-0.3, -0.25) is 0 Å². The van der Waals surface area contributed by atoms with Gasteiger partial charge in [-0.1, -0.05) is 6.07 Å². The van der Waals surface area contributed by atoms with Gasteiger partial charge in [-0.05, 0) is 24.0 Å². The molecule has 4 heteroatoms. The highest BCUT2D eigenvalue weighted by Gasteiger charge is 2.12. The molecule has 1 aromatic carbocycles. The van der Waals surface area contributed by atoms with E-state index in [1.807, 2.05) is 24.5 Å². The maximum atomic E-state index is 8.93. The molecule has 15 heavy (non-hydrogen) atoms. The number of nitriles is 1. The highest BCUT2D eigenvalue weighted by Crippen LogP contribution is 2.33. The molecule has 0 aliphatic carbocycles. The molecule has 0 bridgehead atoms. The van der Waals surface area contributed by atoms with Crippen LogP contribution in [0.3, 0.4) is 0 Å². The lowest BCUT2D eigenvalue weighted by atomic mass is 10.1. The molecule has 1 rings (SSSR count). The normalized spacial score (nSPS) is 11.6. The Morgan fingerprint density at radius 1 is 1.27 bits per heavy atom. The zero-order chi connectivity index (χ0) is 11.3. The maximum Gasteiger partial charge on any atom is 0.161 e. The van der Waals surface area contributed by atoms with Crippen LogP contribution in [0.1, 0.15) is 10.8 Å². The molecule has 0 aromatic heterocycles. The van der Waals surface area contributed by atoms with Gasteiger partial charge < -0.3 is 9.47 Å². The van der Waals surface area contributed by atoms with Crippen LogP contribution in [0.15, 0.2) is 18.2 Å². The second kappa shape index (κ2) is 5.52. The molecule has 0 saturated heterocycles. The van der Waals surface area contributed by atoms with Crippen molar-refractivity contribution in [2.24, 2.45) is 0 Å². The van der Waals surface area contributed by atoms with E-state index in [1.54, 1.807) is 14.2 Å². The van der Waals surface area contributed by atoms with Crippen LogP contribution in [-0.2, 0) is 0 Å². The van der Waals surface area contributed by atoms with Gasteiger partial charge in [-0.25, -0.2) is 0 Å². The van der Waals surface area contributed by atoms with E-state index in [4.69, 9.17) is 14.7 Å². The largest absolute Gasteiger partial charge is 0.493 e.